The maximum absolute atomic E-state index is 12.8. The molecule has 0 aliphatic carbocycles. The molecule has 0 spiro atoms. The maximum atomic E-state index is 12.8. The van der Waals surface area contributed by atoms with E-state index in [-0.39, 0.29) is 17.6 Å². The first kappa shape index (κ1) is 18.4. The lowest BCUT2D eigenvalue weighted by Crippen LogP contribution is -2.85. The summed E-state index contributed by atoms with van der Waals surface area (Å²) in [6.07, 6.45) is 0. The second-order valence-electron chi connectivity index (χ2n) is 6.58. The Kier molecular flexibility index (Phi) is 5.14. The molecule has 4 aromatic rings. The molecule has 138 valence electrons. The fourth-order valence-corrected chi connectivity index (χ4v) is 5.19. The number of benzene rings is 1. The zero-order valence-corrected chi connectivity index (χ0v) is 17.3. The van der Waals surface area contributed by atoms with E-state index in [1.54, 1.807) is 11.3 Å². The summed E-state index contributed by atoms with van der Waals surface area (Å²) in [7, 11) is 0. The van der Waals surface area contributed by atoms with Crippen LogP contribution in [0.2, 0.25) is 5.02 Å². The molecule has 1 aromatic carbocycles. The molecule has 3 heterocycles. The molecule has 0 saturated carbocycles. The van der Waals surface area contributed by atoms with E-state index in [1.807, 2.05) is 41.1 Å². The summed E-state index contributed by atoms with van der Waals surface area (Å²) < 4.78 is 0. The molecule has 0 aliphatic heterocycles. The van der Waals surface area contributed by atoms with Gasteiger partial charge >= 0.3 is 0 Å². The maximum Gasteiger partial charge on any atom is 0.260 e. The van der Waals surface area contributed by atoms with Crippen molar-refractivity contribution in [1.82, 2.24) is 9.97 Å². The number of quaternary nitrogens is 1. The minimum atomic E-state index is -0.0738. The first-order valence-corrected chi connectivity index (χ1v) is 10.8. The standard InChI is InChI=1S/C20H18ClN3OS2/c1-11(13-5-3-6-14(21)9-13)22-12(2)18-23-19(25)17-15(10-27-20(17)24-18)16-7-4-8-26-16/h3-12,22H,1-2H3,(H,23,24,25)/p+1/t11-,12+/m1/s1. The minimum absolute atomic E-state index is 0.0170. The van der Waals surface area contributed by atoms with Crippen LogP contribution in [0.4, 0.5) is 0 Å². The average Bonchev–Trinajstić information content (AvgIpc) is 3.31. The molecule has 0 aliphatic rings. The van der Waals surface area contributed by atoms with E-state index < -0.39 is 0 Å². The monoisotopic (exact) mass is 416 g/mol. The number of halogens is 1. The van der Waals surface area contributed by atoms with Crippen molar-refractivity contribution in [2.45, 2.75) is 25.9 Å². The van der Waals surface area contributed by atoms with Gasteiger partial charge in [0.2, 0.25) is 0 Å². The summed E-state index contributed by atoms with van der Waals surface area (Å²) >= 11 is 9.25. The summed E-state index contributed by atoms with van der Waals surface area (Å²) in [4.78, 5) is 22.4. The van der Waals surface area contributed by atoms with Gasteiger partial charge in [-0.1, -0.05) is 29.8 Å². The van der Waals surface area contributed by atoms with Crippen molar-refractivity contribution in [2.24, 2.45) is 0 Å². The lowest BCUT2D eigenvalue weighted by atomic mass is 10.1. The van der Waals surface area contributed by atoms with Gasteiger partial charge in [-0.25, -0.2) is 4.98 Å². The molecule has 0 radical (unpaired) electrons. The Labute approximate surface area is 169 Å². The lowest BCUT2D eigenvalue weighted by Gasteiger charge is -2.16. The van der Waals surface area contributed by atoms with E-state index in [1.165, 1.54) is 11.3 Å². The molecule has 2 atom stereocenters. The van der Waals surface area contributed by atoms with Crippen molar-refractivity contribution >= 4 is 44.5 Å². The Hall–Kier alpha value is -1.99. The Morgan fingerprint density at radius 1 is 1.15 bits per heavy atom. The van der Waals surface area contributed by atoms with Gasteiger partial charge in [0.05, 0.1) is 5.39 Å². The normalized spacial score (nSPS) is 13.7. The van der Waals surface area contributed by atoms with E-state index >= 15 is 0 Å². The quantitative estimate of drug-likeness (QED) is 0.493. The van der Waals surface area contributed by atoms with Crippen molar-refractivity contribution in [3.8, 4) is 10.4 Å². The SMILES string of the molecule is C[C@H]([NH2+][C@H](C)c1cccc(Cl)c1)c1nc2scc(-c3cccs3)c2c(=O)[nH]1. The number of aromatic amines is 1. The smallest absolute Gasteiger partial charge is 0.260 e. The van der Waals surface area contributed by atoms with Gasteiger partial charge in [-0.15, -0.1) is 22.7 Å². The highest BCUT2D eigenvalue weighted by Gasteiger charge is 2.20. The van der Waals surface area contributed by atoms with Crippen LogP contribution in [0.3, 0.4) is 0 Å². The van der Waals surface area contributed by atoms with Gasteiger partial charge in [0.25, 0.3) is 5.56 Å². The van der Waals surface area contributed by atoms with Gasteiger partial charge in [-0.3, -0.25) is 4.79 Å². The second kappa shape index (κ2) is 7.56. The summed E-state index contributed by atoms with van der Waals surface area (Å²) in [5.74, 6) is 0.695. The average molecular weight is 417 g/mol. The number of nitrogens with one attached hydrogen (secondary N) is 1. The number of thiophene rings is 2. The van der Waals surface area contributed by atoms with Crippen molar-refractivity contribution in [2.75, 3.05) is 0 Å². The van der Waals surface area contributed by atoms with Crippen LogP contribution in [0.25, 0.3) is 20.7 Å². The number of H-pyrrole nitrogens is 1. The van der Waals surface area contributed by atoms with Gasteiger partial charge in [-0.05, 0) is 37.4 Å². The second-order valence-corrected chi connectivity index (χ2v) is 8.83. The number of nitrogens with zero attached hydrogens (tertiary/aromatic N) is 1. The third-order valence-corrected chi connectivity index (χ3v) is 6.64. The molecule has 7 heteroatoms. The molecule has 27 heavy (non-hydrogen) atoms. The lowest BCUT2D eigenvalue weighted by molar-refractivity contribution is -0.729. The molecule has 4 rings (SSSR count). The summed E-state index contributed by atoms with van der Waals surface area (Å²) in [6.45, 7) is 4.18. The first-order chi connectivity index (χ1) is 13.0. The predicted molar refractivity (Wildman–Crippen MR) is 114 cm³/mol. The summed E-state index contributed by atoms with van der Waals surface area (Å²) in [5, 5.41) is 7.63. The van der Waals surface area contributed by atoms with Crippen molar-refractivity contribution in [1.29, 1.82) is 0 Å². The minimum Gasteiger partial charge on any atom is -0.332 e. The number of rotatable bonds is 5. The summed E-state index contributed by atoms with van der Waals surface area (Å²) in [6, 6.07) is 12.1. The highest BCUT2D eigenvalue weighted by atomic mass is 35.5. The van der Waals surface area contributed by atoms with Crippen LogP contribution < -0.4 is 10.9 Å². The molecular weight excluding hydrogens is 398 g/mol. The summed E-state index contributed by atoms with van der Waals surface area (Å²) in [5.41, 5.74) is 2.04. The van der Waals surface area contributed by atoms with Crippen LogP contribution in [0.1, 0.15) is 37.3 Å². The van der Waals surface area contributed by atoms with E-state index in [9.17, 15) is 4.79 Å². The zero-order chi connectivity index (χ0) is 19.0. The number of fused-ring (bicyclic) bond motifs is 1. The number of aromatic nitrogens is 2. The number of nitrogens with two attached hydrogens (primary N) is 1. The van der Waals surface area contributed by atoms with E-state index in [2.05, 4.69) is 30.2 Å². The van der Waals surface area contributed by atoms with Crippen LogP contribution in [0, 0.1) is 0 Å². The van der Waals surface area contributed by atoms with Gasteiger partial charge in [-0.2, -0.15) is 0 Å². The Morgan fingerprint density at radius 2 is 2.00 bits per heavy atom. The van der Waals surface area contributed by atoms with Gasteiger partial charge in [0.15, 0.2) is 5.82 Å². The molecule has 3 N–H and O–H groups in total. The number of hydrogen-bond donors (Lipinski definition) is 2. The highest BCUT2D eigenvalue weighted by molar-refractivity contribution is 7.18. The van der Waals surface area contributed by atoms with Gasteiger partial charge < -0.3 is 10.3 Å². The number of hydrogen-bond acceptors (Lipinski definition) is 4. The van der Waals surface area contributed by atoms with E-state index in [0.717, 1.165) is 25.9 Å². The molecule has 3 aromatic heterocycles. The third-order valence-electron chi connectivity index (χ3n) is 4.63. The largest absolute Gasteiger partial charge is 0.332 e. The topological polar surface area (TPSA) is 62.4 Å². The van der Waals surface area contributed by atoms with E-state index in [0.29, 0.717) is 11.2 Å². The van der Waals surface area contributed by atoms with Gasteiger partial charge in [0.1, 0.15) is 16.9 Å². The van der Waals surface area contributed by atoms with Crippen LogP contribution in [-0.2, 0) is 0 Å². The molecule has 0 fully saturated rings. The Balaban J connectivity index is 1.63. The van der Waals surface area contributed by atoms with Crippen molar-refractivity contribution < 1.29 is 5.32 Å². The fraction of sp³-hybridized carbons (Fsp3) is 0.200. The van der Waals surface area contributed by atoms with Crippen molar-refractivity contribution in [3.05, 3.63) is 73.9 Å². The third kappa shape index (κ3) is 3.71. The molecule has 0 unspecified atom stereocenters. The predicted octanol–water partition coefficient (Wildman–Crippen LogP) is 4.75. The van der Waals surface area contributed by atoms with Crippen LogP contribution in [0.5, 0.6) is 0 Å². The van der Waals surface area contributed by atoms with E-state index in [4.69, 9.17) is 16.6 Å². The molecule has 4 nitrogen and oxygen atoms in total. The van der Waals surface area contributed by atoms with Crippen LogP contribution in [-0.4, -0.2) is 9.97 Å². The Morgan fingerprint density at radius 3 is 2.74 bits per heavy atom. The molecule has 0 amide bonds. The molecule has 0 bridgehead atoms. The van der Waals surface area contributed by atoms with Crippen molar-refractivity contribution in [3.63, 3.8) is 0 Å². The highest BCUT2D eigenvalue weighted by Crippen LogP contribution is 2.33. The van der Waals surface area contributed by atoms with Crippen LogP contribution >= 0.6 is 34.3 Å². The molecule has 0 saturated heterocycles. The Bertz CT molecular complexity index is 1130. The van der Waals surface area contributed by atoms with Gasteiger partial charge in [0, 0.05) is 26.4 Å². The first-order valence-electron chi connectivity index (χ1n) is 8.68. The van der Waals surface area contributed by atoms with Crippen LogP contribution in [0.15, 0.2) is 52.0 Å². The fourth-order valence-electron chi connectivity index (χ4n) is 3.22. The molecular formula is C20H19ClN3OS2+. The zero-order valence-electron chi connectivity index (χ0n) is 14.9.